The molecule has 0 unspecified atom stereocenters. The molecule has 0 saturated heterocycles. The smallest absolute Gasteiger partial charge is 0.319 e. The fraction of sp³-hybridized carbons (Fsp3) is 0.533. The van der Waals surface area contributed by atoms with Gasteiger partial charge in [-0.05, 0) is 29.9 Å². The van der Waals surface area contributed by atoms with Gasteiger partial charge in [0, 0.05) is 6.54 Å². The number of hydrogen-bond donors (Lipinski definition) is 2. The van der Waals surface area contributed by atoms with E-state index in [1.807, 2.05) is 0 Å². The highest BCUT2D eigenvalue weighted by Gasteiger charge is 2.18. The van der Waals surface area contributed by atoms with Crippen molar-refractivity contribution in [3.63, 3.8) is 0 Å². The number of para-hydroxylation sites is 1. The number of carbonyl (C=O) groups is 1. The van der Waals surface area contributed by atoms with Gasteiger partial charge in [0.2, 0.25) is 0 Å². The predicted octanol–water partition coefficient (Wildman–Crippen LogP) is 3.88. The molecule has 0 heterocycles. The van der Waals surface area contributed by atoms with Gasteiger partial charge in [0.05, 0.1) is 5.69 Å². The van der Waals surface area contributed by atoms with Crippen LogP contribution in [0.5, 0.6) is 0 Å². The largest absolute Gasteiger partial charge is 0.338 e. The van der Waals surface area contributed by atoms with Gasteiger partial charge in [-0.15, -0.1) is 0 Å². The first-order valence-electron chi connectivity index (χ1n) is 6.71. The fourth-order valence-electron chi connectivity index (χ4n) is 2.18. The number of benzene rings is 1. The summed E-state index contributed by atoms with van der Waals surface area (Å²) in [5.74, 6) is 0.968. The highest BCUT2D eigenvalue weighted by Crippen LogP contribution is 2.19. The number of halogens is 1. The van der Waals surface area contributed by atoms with E-state index in [0.717, 1.165) is 0 Å². The molecule has 0 radical (unpaired) electrons. The Morgan fingerprint density at radius 2 is 1.74 bits per heavy atom. The van der Waals surface area contributed by atoms with Crippen molar-refractivity contribution in [2.75, 3.05) is 11.9 Å². The van der Waals surface area contributed by atoms with Crippen molar-refractivity contribution in [1.82, 2.24) is 5.32 Å². The van der Waals surface area contributed by atoms with Crippen molar-refractivity contribution < 1.29 is 9.18 Å². The topological polar surface area (TPSA) is 41.1 Å². The highest BCUT2D eigenvalue weighted by atomic mass is 19.1. The minimum atomic E-state index is -0.429. The average molecular weight is 266 g/mol. The normalized spacial score (nSPS) is 11.2. The van der Waals surface area contributed by atoms with Crippen molar-refractivity contribution >= 4 is 11.7 Å². The van der Waals surface area contributed by atoms with Gasteiger partial charge < -0.3 is 10.6 Å². The zero-order valence-corrected chi connectivity index (χ0v) is 12.0. The maximum absolute atomic E-state index is 13.4. The Hall–Kier alpha value is -1.58. The van der Waals surface area contributed by atoms with Gasteiger partial charge in [0.1, 0.15) is 5.82 Å². The van der Waals surface area contributed by atoms with Gasteiger partial charge in [-0.2, -0.15) is 0 Å². The highest BCUT2D eigenvalue weighted by molar-refractivity contribution is 5.89. The molecule has 0 aliphatic rings. The monoisotopic (exact) mass is 266 g/mol. The summed E-state index contributed by atoms with van der Waals surface area (Å²) in [5, 5.41) is 5.32. The second kappa shape index (κ2) is 7.12. The van der Waals surface area contributed by atoms with Crippen LogP contribution in [0.4, 0.5) is 14.9 Å². The lowest BCUT2D eigenvalue weighted by molar-refractivity contribution is 0.239. The summed E-state index contributed by atoms with van der Waals surface area (Å²) in [5.41, 5.74) is 0.200. The zero-order valence-electron chi connectivity index (χ0n) is 12.0. The third-order valence-corrected chi connectivity index (χ3v) is 3.33. The summed E-state index contributed by atoms with van der Waals surface area (Å²) in [6.07, 6.45) is 0. The molecule has 0 atom stereocenters. The van der Waals surface area contributed by atoms with Crippen LogP contribution in [0.25, 0.3) is 0 Å². The van der Waals surface area contributed by atoms with E-state index in [1.54, 1.807) is 12.1 Å². The van der Waals surface area contributed by atoms with E-state index in [1.165, 1.54) is 12.1 Å². The molecule has 0 aliphatic carbocycles. The second-order valence-electron chi connectivity index (χ2n) is 5.47. The maximum atomic E-state index is 13.4. The summed E-state index contributed by atoms with van der Waals surface area (Å²) in [7, 11) is 0. The lowest BCUT2D eigenvalue weighted by atomic mass is 9.85. The summed E-state index contributed by atoms with van der Waals surface area (Å²) in [4.78, 5) is 11.7. The Balaban J connectivity index is 2.50. The van der Waals surface area contributed by atoms with Crippen LogP contribution in [0, 0.1) is 23.6 Å². The molecule has 0 aliphatic heterocycles. The van der Waals surface area contributed by atoms with Gasteiger partial charge in [-0.3, -0.25) is 0 Å². The molecule has 2 amide bonds. The predicted molar refractivity (Wildman–Crippen MR) is 76.6 cm³/mol. The first-order valence-corrected chi connectivity index (χ1v) is 6.71. The Morgan fingerprint density at radius 3 is 2.26 bits per heavy atom. The van der Waals surface area contributed by atoms with Gasteiger partial charge in [0.25, 0.3) is 0 Å². The number of hydrogen-bond acceptors (Lipinski definition) is 1. The number of carbonyl (C=O) groups excluding carboxylic acids is 1. The minimum absolute atomic E-state index is 0.200. The molecular formula is C15H23FN2O. The Bertz CT molecular complexity index is 410. The summed E-state index contributed by atoms with van der Waals surface area (Å²) in [6, 6.07) is 5.77. The maximum Gasteiger partial charge on any atom is 0.319 e. The molecule has 0 fully saturated rings. The van der Waals surface area contributed by atoms with Crippen molar-refractivity contribution in [1.29, 1.82) is 0 Å². The first kappa shape index (κ1) is 15.5. The van der Waals surface area contributed by atoms with Gasteiger partial charge in [0.15, 0.2) is 0 Å². The van der Waals surface area contributed by atoms with Crippen LogP contribution in [0.15, 0.2) is 24.3 Å². The van der Waals surface area contributed by atoms with Crippen LogP contribution < -0.4 is 10.6 Å². The van der Waals surface area contributed by atoms with Crippen LogP contribution in [0.2, 0.25) is 0 Å². The molecule has 0 spiro atoms. The quantitative estimate of drug-likeness (QED) is 0.834. The van der Waals surface area contributed by atoms with E-state index in [4.69, 9.17) is 0 Å². The molecule has 106 valence electrons. The summed E-state index contributed by atoms with van der Waals surface area (Å²) in [6.45, 7) is 9.15. The van der Waals surface area contributed by atoms with Crippen LogP contribution in [0.3, 0.4) is 0 Å². The average Bonchev–Trinajstić information content (AvgIpc) is 2.31. The van der Waals surface area contributed by atoms with Crippen LogP contribution >= 0.6 is 0 Å². The summed E-state index contributed by atoms with van der Waals surface area (Å²) < 4.78 is 13.4. The van der Waals surface area contributed by atoms with E-state index in [0.29, 0.717) is 24.3 Å². The minimum Gasteiger partial charge on any atom is -0.338 e. The molecule has 0 aromatic heterocycles. The molecule has 4 heteroatoms. The number of anilines is 1. The molecule has 2 N–H and O–H groups in total. The van der Waals surface area contributed by atoms with Crippen LogP contribution in [0.1, 0.15) is 27.7 Å². The van der Waals surface area contributed by atoms with Crippen molar-refractivity contribution in [2.24, 2.45) is 17.8 Å². The summed E-state index contributed by atoms with van der Waals surface area (Å²) >= 11 is 0. The molecule has 0 bridgehead atoms. The molecule has 3 nitrogen and oxygen atoms in total. The third-order valence-electron chi connectivity index (χ3n) is 3.33. The number of urea groups is 1. The Morgan fingerprint density at radius 1 is 1.16 bits per heavy atom. The van der Waals surface area contributed by atoms with E-state index in [-0.39, 0.29) is 11.7 Å². The molecule has 1 rings (SSSR count). The van der Waals surface area contributed by atoms with Gasteiger partial charge in [-0.25, -0.2) is 9.18 Å². The Kier molecular flexibility index (Phi) is 5.80. The standard InChI is InChI=1S/C15H23FN2O/c1-10(2)12(11(3)4)9-17-15(19)18-14-8-6-5-7-13(14)16/h5-8,10-12H,9H2,1-4H3,(H2,17,18,19). The van der Waals surface area contributed by atoms with Crippen LogP contribution in [-0.2, 0) is 0 Å². The van der Waals surface area contributed by atoms with Gasteiger partial charge in [-0.1, -0.05) is 39.8 Å². The number of nitrogens with one attached hydrogen (secondary N) is 2. The van der Waals surface area contributed by atoms with E-state index in [2.05, 4.69) is 38.3 Å². The molecule has 19 heavy (non-hydrogen) atoms. The van der Waals surface area contributed by atoms with Crippen molar-refractivity contribution in [2.45, 2.75) is 27.7 Å². The lowest BCUT2D eigenvalue weighted by Crippen LogP contribution is -2.36. The van der Waals surface area contributed by atoms with E-state index >= 15 is 0 Å². The molecule has 0 saturated carbocycles. The zero-order chi connectivity index (χ0) is 14.4. The SMILES string of the molecule is CC(C)C(CNC(=O)Nc1ccccc1F)C(C)C. The third kappa shape index (κ3) is 4.89. The molecule has 1 aromatic carbocycles. The second-order valence-corrected chi connectivity index (χ2v) is 5.47. The fourth-order valence-corrected chi connectivity index (χ4v) is 2.18. The van der Waals surface area contributed by atoms with Crippen LogP contribution in [-0.4, -0.2) is 12.6 Å². The lowest BCUT2D eigenvalue weighted by Gasteiger charge is -2.25. The van der Waals surface area contributed by atoms with Gasteiger partial charge >= 0.3 is 6.03 Å². The first-order chi connectivity index (χ1) is 8.91. The number of rotatable bonds is 5. The Labute approximate surface area is 114 Å². The van der Waals surface area contributed by atoms with Crippen molar-refractivity contribution in [3.05, 3.63) is 30.1 Å². The number of amides is 2. The molecule has 1 aromatic rings. The van der Waals surface area contributed by atoms with E-state index < -0.39 is 5.82 Å². The molecular weight excluding hydrogens is 243 g/mol. The van der Waals surface area contributed by atoms with E-state index in [9.17, 15) is 9.18 Å². The van der Waals surface area contributed by atoms with Crippen molar-refractivity contribution in [3.8, 4) is 0 Å².